The predicted molar refractivity (Wildman–Crippen MR) is 77.4 cm³/mol. The van der Waals surface area contributed by atoms with E-state index in [2.05, 4.69) is 15.9 Å². The molecule has 2 nitrogen and oxygen atoms in total. The molecule has 2 rings (SSSR count). The third-order valence-corrected chi connectivity index (χ3v) is 3.47. The molecular weight excluding hydrogens is 328 g/mol. The van der Waals surface area contributed by atoms with E-state index in [1.165, 1.54) is 12.1 Å². The van der Waals surface area contributed by atoms with Crippen molar-refractivity contribution in [3.63, 3.8) is 0 Å². The van der Waals surface area contributed by atoms with E-state index >= 15 is 0 Å². The fourth-order valence-electron chi connectivity index (χ4n) is 1.71. The van der Waals surface area contributed by atoms with Gasteiger partial charge in [-0.15, -0.1) is 0 Å². The average molecular weight is 342 g/mol. The summed E-state index contributed by atoms with van der Waals surface area (Å²) in [6.07, 6.45) is 0. The minimum atomic E-state index is -0.457. The summed E-state index contributed by atoms with van der Waals surface area (Å²) in [7, 11) is 0. The molecule has 0 fully saturated rings. The first-order valence-corrected chi connectivity index (χ1v) is 6.88. The molecule has 0 aliphatic heterocycles. The SMILES string of the molecule is C[C@H](N)c1ccc(OCc2ccc(F)c(Br)c2)c(F)c1. The van der Waals surface area contributed by atoms with Gasteiger partial charge in [-0.25, -0.2) is 8.78 Å². The van der Waals surface area contributed by atoms with Crippen LogP contribution < -0.4 is 10.5 Å². The Morgan fingerprint density at radius 1 is 1.15 bits per heavy atom. The number of hydrogen-bond donors (Lipinski definition) is 1. The molecule has 0 saturated heterocycles. The Hall–Kier alpha value is -1.46. The minimum Gasteiger partial charge on any atom is -0.486 e. The molecule has 0 bridgehead atoms. The Labute approximate surface area is 124 Å². The molecule has 2 N–H and O–H groups in total. The van der Waals surface area contributed by atoms with Gasteiger partial charge in [-0.1, -0.05) is 12.1 Å². The van der Waals surface area contributed by atoms with Crippen LogP contribution in [0.25, 0.3) is 0 Å². The summed E-state index contributed by atoms with van der Waals surface area (Å²) in [5.41, 5.74) is 7.13. The lowest BCUT2D eigenvalue weighted by Crippen LogP contribution is -2.06. The molecule has 0 spiro atoms. The van der Waals surface area contributed by atoms with Crippen molar-refractivity contribution in [1.29, 1.82) is 0 Å². The summed E-state index contributed by atoms with van der Waals surface area (Å²) >= 11 is 3.09. The molecule has 0 aromatic heterocycles. The third kappa shape index (κ3) is 3.55. The average Bonchev–Trinajstić information content (AvgIpc) is 2.41. The van der Waals surface area contributed by atoms with Crippen molar-refractivity contribution in [2.45, 2.75) is 19.6 Å². The van der Waals surface area contributed by atoms with E-state index in [0.717, 1.165) is 5.56 Å². The highest BCUT2D eigenvalue weighted by Crippen LogP contribution is 2.23. The highest BCUT2D eigenvalue weighted by Gasteiger charge is 2.08. The van der Waals surface area contributed by atoms with Gasteiger partial charge in [-0.3, -0.25) is 0 Å². The van der Waals surface area contributed by atoms with E-state index in [-0.39, 0.29) is 24.2 Å². The molecule has 0 aliphatic rings. The van der Waals surface area contributed by atoms with Gasteiger partial charge in [0.25, 0.3) is 0 Å². The van der Waals surface area contributed by atoms with E-state index in [1.807, 2.05) is 0 Å². The molecule has 0 heterocycles. The lowest BCUT2D eigenvalue weighted by molar-refractivity contribution is 0.290. The first-order chi connectivity index (χ1) is 9.47. The lowest BCUT2D eigenvalue weighted by atomic mass is 10.1. The maximum Gasteiger partial charge on any atom is 0.165 e. The van der Waals surface area contributed by atoms with E-state index < -0.39 is 5.82 Å². The number of benzene rings is 2. The normalized spacial score (nSPS) is 12.2. The highest BCUT2D eigenvalue weighted by molar-refractivity contribution is 9.10. The van der Waals surface area contributed by atoms with E-state index in [9.17, 15) is 8.78 Å². The van der Waals surface area contributed by atoms with Crippen LogP contribution >= 0.6 is 15.9 Å². The van der Waals surface area contributed by atoms with Crippen LogP contribution in [0.1, 0.15) is 24.1 Å². The van der Waals surface area contributed by atoms with Crippen molar-refractivity contribution < 1.29 is 13.5 Å². The number of ether oxygens (including phenoxy) is 1. The molecule has 0 saturated carbocycles. The molecule has 20 heavy (non-hydrogen) atoms. The van der Waals surface area contributed by atoms with Crippen molar-refractivity contribution in [3.8, 4) is 5.75 Å². The Morgan fingerprint density at radius 2 is 1.90 bits per heavy atom. The second-order valence-corrected chi connectivity index (χ2v) is 5.37. The number of hydrogen-bond acceptors (Lipinski definition) is 2. The lowest BCUT2D eigenvalue weighted by Gasteiger charge is -2.10. The second-order valence-electron chi connectivity index (χ2n) is 4.52. The molecular formula is C15H14BrF2NO. The largest absolute Gasteiger partial charge is 0.486 e. The van der Waals surface area contributed by atoms with Crippen LogP contribution in [0.4, 0.5) is 8.78 Å². The van der Waals surface area contributed by atoms with Crippen LogP contribution in [-0.4, -0.2) is 0 Å². The summed E-state index contributed by atoms with van der Waals surface area (Å²) in [6.45, 7) is 1.94. The zero-order valence-electron chi connectivity index (χ0n) is 10.9. The zero-order valence-corrected chi connectivity index (χ0v) is 12.5. The predicted octanol–water partition coefficient (Wildman–Crippen LogP) is 4.33. The van der Waals surface area contributed by atoms with Crippen LogP contribution in [0.3, 0.4) is 0 Å². The maximum absolute atomic E-state index is 13.8. The van der Waals surface area contributed by atoms with Crippen molar-refractivity contribution in [1.82, 2.24) is 0 Å². The van der Waals surface area contributed by atoms with Gasteiger partial charge in [-0.05, 0) is 58.2 Å². The Morgan fingerprint density at radius 3 is 2.50 bits per heavy atom. The summed E-state index contributed by atoms with van der Waals surface area (Å²) in [6, 6.07) is 8.93. The zero-order chi connectivity index (χ0) is 14.7. The molecule has 0 aliphatic carbocycles. The van der Waals surface area contributed by atoms with E-state index in [1.54, 1.807) is 31.2 Å². The number of rotatable bonds is 4. The van der Waals surface area contributed by atoms with Crippen LogP contribution in [0, 0.1) is 11.6 Å². The van der Waals surface area contributed by atoms with Crippen molar-refractivity contribution in [2.75, 3.05) is 0 Å². The number of halogens is 3. The Bertz CT molecular complexity index is 617. The summed E-state index contributed by atoms with van der Waals surface area (Å²) in [5.74, 6) is -0.656. The van der Waals surface area contributed by atoms with E-state index in [0.29, 0.717) is 10.0 Å². The van der Waals surface area contributed by atoms with Crippen LogP contribution in [0.5, 0.6) is 5.75 Å². The molecule has 0 radical (unpaired) electrons. The topological polar surface area (TPSA) is 35.2 Å². The molecule has 106 valence electrons. The highest BCUT2D eigenvalue weighted by atomic mass is 79.9. The van der Waals surface area contributed by atoms with E-state index in [4.69, 9.17) is 10.5 Å². The molecule has 0 unspecified atom stereocenters. The minimum absolute atomic E-state index is 0.148. The van der Waals surface area contributed by atoms with Gasteiger partial charge in [0, 0.05) is 6.04 Å². The van der Waals surface area contributed by atoms with Crippen molar-refractivity contribution in [3.05, 3.63) is 63.6 Å². The van der Waals surface area contributed by atoms with Crippen molar-refractivity contribution >= 4 is 15.9 Å². The number of nitrogens with two attached hydrogens (primary N) is 1. The van der Waals surface area contributed by atoms with Gasteiger partial charge in [0.05, 0.1) is 4.47 Å². The summed E-state index contributed by atoms with van der Waals surface area (Å²) in [5, 5.41) is 0. The van der Waals surface area contributed by atoms with Gasteiger partial charge < -0.3 is 10.5 Å². The molecule has 1 atom stereocenters. The van der Waals surface area contributed by atoms with Gasteiger partial charge in [0.2, 0.25) is 0 Å². The third-order valence-electron chi connectivity index (χ3n) is 2.86. The molecule has 2 aromatic carbocycles. The van der Waals surface area contributed by atoms with Crippen LogP contribution in [-0.2, 0) is 6.61 Å². The molecule has 0 amide bonds. The quantitative estimate of drug-likeness (QED) is 0.898. The monoisotopic (exact) mass is 341 g/mol. The van der Waals surface area contributed by atoms with Gasteiger partial charge in [-0.2, -0.15) is 0 Å². The van der Waals surface area contributed by atoms with Gasteiger partial charge in [0.1, 0.15) is 12.4 Å². The fraction of sp³-hybridized carbons (Fsp3) is 0.200. The first kappa shape index (κ1) is 14.9. The summed E-state index contributed by atoms with van der Waals surface area (Å²) < 4.78 is 32.6. The smallest absolute Gasteiger partial charge is 0.165 e. The summed E-state index contributed by atoms with van der Waals surface area (Å²) in [4.78, 5) is 0. The van der Waals surface area contributed by atoms with Gasteiger partial charge >= 0.3 is 0 Å². The van der Waals surface area contributed by atoms with Gasteiger partial charge in [0.15, 0.2) is 11.6 Å². The molecule has 5 heteroatoms. The Kier molecular flexibility index (Phi) is 4.73. The standard InChI is InChI=1S/C15H14BrF2NO/c1-9(19)11-3-5-15(14(18)7-11)20-8-10-2-4-13(17)12(16)6-10/h2-7,9H,8,19H2,1H3/t9-/m0/s1. The fourth-order valence-corrected chi connectivity index (χ4v) is 2.13. The first-order valence-electron chi connectivity index (χ1n) is 6.09. The van der Waals surface area contributed by atoms with Crippen LogP contribution in [0.15, 0.2) is 40.9 Å². The maximum atomic E-state index is 13.8. The second kappa shape index (κ2) is 6.33. The molecule has 2 aromatic rings. The Balaban J connectivity index is 2.09. The van der Waals surface area contributed by atoms with Crippen LogP contribution in [0.2, 0.25) is 0 Å². The van der Waals surface area contributed by atoms with Crippen molar-refractivity contribution in [2.24, 2.45) is 5.73 Å².